The Bertz CT molecular complexity index is 142. The number of hydrogen-bond acceptors (Lipinski definition) is 5. The molecule has 0 bridgehead atoms. The first-order valence-electron chi connectivity index (χ1n) is 1.63. The number of rotatable bonds is 0. The third-order valence-electron chi connectivity index (χ3n) is 0.457. The van der Waals surface area contributed by atoms with E-state index in [-0.39, 0.29) is 12.0 Å². The lowest BCUT2D eigenvalue weighted by Gasteiger charge is -1.66. The Balaban J connectivity index is 3.04. The van der Waals surface area contributed by atoms with Crippen molar-refractivity contribution in [1.29, 1.82) is 0 Å². The van der Waals surface area contributed by atoms with E-state index in [0.717, 1.165) is 0 Å². The lowest BCUT2D eigenvalue weighted by atomic mass is 11.1. The van der Waals surface area contributed by atoms with Crippen LogP contribution < -0.4 is 11.5 Å². The molecule has 5 nitrogen and oxygen atoms in total. The second-order valence-corrected chi connectivity index (χ2v) is 0.991. The third kappa shape index (κ3) is 0.594. The largest absolute Gasteiger partial charge is 0.365 e. The van der Waals surface area contributed by atoms with Gasteiger partial charge in [-0.2, -0.15) is 4.98 Å². The molecule has 0 saturated carbocycles. The summed E-state index contributed by atoms with van der Waals surface area (Å²) in [6.07, 6.45) is 0. The second-order valence-electron chi connectivity index (χ2n) is 0.991. The average molecular weight is 100 g/mol. The van der Waals surface area contributed by atoms with E-state index >= 15 is 0 Å². The smallest absolute Gasteiger partial charge is 0.320 e. The molecule has 0 aliphatic rings. The molecule has 5 heteroatoms. The highest BCUT2D eigenvalue weighted by Gasteiger charge is 1.91. The summed E-state index contributed by atoms with van der Waals surface area (Å²) in [7, 11) is 0. The summed E-state index contributed by atoms with van der Waals surface area (Å²) < 4.78 is 4.26. The number of nitrogens with zero attached hydrogens (tertiary/aromatic N) is 2. The molecule has 0 aliphatic heterocycles. The van der Waals surface area contributed by atoms with Crippen LogP contribution in [0.4, 0.5) is 12.0 Å². The Kier molecular flexibility index (Phi) is 0.619. The van der Waals surface area contributed by atoms with Gasteiger partial charge in [0.15, 0.2) is 0 Å². The number of anilines is 2. The van der Waals surface area contributed by atoms with Crippen LogP contribution in [0.2, 0.25) is 0 Å². The van der Waals surface area contributed by atoms with E-state index in [2.05, 4.69) is 14.7 Å². The van der Waals surface area contributed by atoms with Crippen molar-refractivity contribution in [3.05, 3.63) is 0 Å². The van der Waals surface area contributed by atoms with Gasteiger partial charge in [-0.1, -0.05) is 0 Å². The SMILES string of the molecule is Nc1noc(N)n1. The van der Waals surface area contributed by atoms with Crippen LogP contribution in [-0.2, 0) is 0 Å². The molecule has 0 spiro atoms. The topological polar surface area (TPSA) is 91.0 Å². The van der Waals surface area contributed by atoms with E-state index in [1.807, 2.05) is 0 Å². The van der Waals surface area contributed by atoms with Gasteiger partial charge in [0.25, 0.3) is 5.95 Å². The Labute approximate surface area is 39.3 Å². The van der Waals surface area contributed by atoms with Crippen molar-refractivity contribution in [3.63, 3.8) is 0 Å². The van der Waals surface area contributed by atoms with Crippen LogP contribution >= 0.6 is 0 Å². The van der Waals surface area contributed by atoms with E-state index in [1.54, 1.807) is 0 Å². The van der Waals surface area contributed by atoms with Crippen molar-refractivity contribution in [2.24, 2.45) is 0 Å². The van der Waals surface area contributed by atoms with Crippen LogP contribution in [0, 0.1) is 0 Å². The minimum absolute atomic E-state index is 0.00231. The first-order chi connectivity index (χ1) is 3.29. The Morgan fingerprint density at radius 1 is 1.43 bits per heavy atom. The average Bonchev–Trinajstić information content (AvgIpc) is 1.87. The minimum atomic E-state index is -0.00231. The zero-order valence-electron chi connectivity index (χ0n) is 3.46. The van der Waals surface area contributed by atoms with Crippen LogP contribution in [0.1, 0.15) is 0 Å². The Morgan fingerprint density at radius 3 is 2.29 bits per heavy atom. The molecule has 0 amide bonds. The van der Waals surface area contributed by atoms with Gasteiger partial charge in [-0.15, -0.1) is 0 Å². The highest BCUT2D eigenvalue weighted by Crippen LogP contribution is 1.95. The molecular weight excluding hydrogens is 96.0 g/mol. The number of hydrogen-bond donors (Lipinski definition) is 2. The molecule has 4 N–H and O–H groups in total. The van der Waals surface area contributed by atoms with E-state index < -0.39 is 0 Å². The van der Waals surface area contributed by atoms with Crippen LogP contribution in [0.25, 0.3) is 0 Å². The van der Waals surface area contributed by atoms with Gasteiger partial charge in [0.1, 0.15) is 0 Å². The Morgan fingerprint density at radius 2 is 2.14 bits per heavy atom. The lowest BCUT2D eigenvalue weighted by Crippen LogP contribution is -1.87. The fraction of sp³-hybridized carbons (Fsp3) is 0. The molecule has 0 fully saturated rings. The molecule has 38 valence electrons. The minimum Gasteiger partial charge on any atom is -0.365 e. The van der Waals surface area contributed by atoms with Gasteiger partial charge in [-0.3, -0.25) is 0 Å². The first-order valence-corrected chi connectivity index (χ1v) is 1.63. The summed E-state index contributed by atoms with van der Waals surface area (Å²) in [6.45, 7) is 0. The van der Waals surface area contributed by atoms with Crippen molar-refractivity contribution >= 4 is 12.0 Å². The predicted molar refractivity (Wildman–Crippen MR) is 23.1 cm³/mol. The van der Waals surface area contributed by atoms with Crippen LogP contribution in [0.15, 0.2) is 4.52 Å². The Hall–Kier alpha value is -1.26. The highest BCUT2D eigenvalue weighted by atomic mass is 16.5. The number of nitrogen functional groups attached to an aromatic ring is 2. The standard InChI is InChI=1S/C2H4N4O/c3-1-5-2(4)7-6-1/h(H4,3,4,5,6). The molecule has 0 atom stereocenters. The van der Waals surface area contributed by atoms with Gasteiger partial charge in [0.2, 0.25) is 0 Å². The highest BCUT2D eigenvalue weighted by molar-refractivity contribution is 5.19. The van der Waals surface area contributed by atoms with Crippen molar-refractivity contribution in [1.82, 2.24) is 10.1 Å². The molecule has 0 saturated heterocycles. The van der Waals surface area contributed by atoms with E-state index in [4.69, 9.17) is 11.5 Å². The predicted octanol–water partition coefficient (Wildman–Crippen LogP) is -0.766. The molecular formula is C2H4N4O. The van der Waals surface area contributed by atoms with E-state index in [1.165, 1.54) is 0 Å². The monoisotopic (exact) mass is 100 g/mol. The van der Waals surface area contributed by atoms with Gasteiger partial charge in [0.05, 0.1) is 0 Å². The summed E-state index contributed by atoms with van der Waals surface area (Å²) >= 11 is 0. The number of aromatic nitrogens is 2. The fourth-order valence-corrected chi connectivity index (χ4v) is 0.247. The van der Waals surface area contributed by atoms with E-state index in [0.29, 0.717) is 0 Å². The molecule has 0 unspecified atom stereocenters. The van der Waals surface area contributed by atoms with Crippen LogP contribution in [-0.4, -0.2) is 10.1 Å². The fourth-order valence-electron chi connectivity index (χ4n) is 0.247. The first kappa shape index (κ1) is 3.91. The zero-order valence-corrected chi connectivity index (χ0v) is 3.46. The van der Waals surface area contributed by atoms with Crippen LogP contribution in [0.5, 0.6) is 0 Å². The molecule has 0 aliphatic carbocycles. The molecule has 1 aromatic heterocycles. The van der Waals surface area contributed by atoms with Gasteiger partial charge in [0, 0.05) is 0 Å². The molecule has 0 aromatic carbocycles. The third-order valence-corrected chi connectivity index (χ3v) is 0.457. The summed E-state index contributed by atoms with van der Waals surface area (Å²) in [5, 5.41) is 3.18. The summed E-state index contributed by atoms with van der Waals surface area (Å²) in [6, 6.07) is -0.00231. The van der Waals surface area contributed by atoms with Crippen molar-refractivity contribution in [3.8, 4) is 0 Å². The maximum absolute atomic E-state index is 4.98. The molecule has 1 heterocycles. The van der Waals surface area contributed by atoms with Crippen molar-refractivity contribution in [2.45, 2.75) is 0 Å². The maximum Gasteiger partial charge on any atom is 0.320 e. The molecule has 1 rings (SSSR count). The summed E-state index contributed by atoms with van der Waals surface area (Å²) in [5.41, 5.74) is 9.94. The second kappa shape index (κ2) is 1.11. The number of nitrogens with two attached hydrogens (primary N) is 2. The maximum atomic E-state index is 4.98. The molecule has 7 heavy (non-hydrogen) atoms. The van der Waals surface area contributed by atoms with Gasteiger partial charge in [-0.05, 0) is 5.16 Å². The van der Waals surface area contributed by atoms with Gasteiger partial charge in [-0.25, -0.2) is 0 Å². The molecule has 1 aromatic rings. The van der Waals surface area contributed by atoms with Crippen molar-refractivity contribution in [2.75, 3.05) is 11.5 Å². The van der Waals surface area contributed by atoms with Crippen LogP contribution in [0.3, 0.4) is 0 Å². The normalized spacial score (nSPS) is 9.14. The summed E-state index contributed by atoms with van der Waals surface area (Å²) in [4.78, 5) is 3.39. The molecule has 0 radical (unpaired) electrons. The zero-order chi connectivity index (χ0) is 5.28. The summed E-state index contributed by atoms with van der Waals surface area (Å²) in [5.74, 6) is 0.0671. The van der Waals surface area contributed by atoms with E-state index in [9.17, 15) is 0 Å². The van der Waals surface area contributed by atoms with Gasteiger partial charge >= 0.3 is 6.01 Å². The lowest BCUT2D eigenvalue weighted by molar-refractivity contribution is 0.437. The van der Waals surface area contributed by atoms with Gasteiger partial charge < -0.3 is 16.0 Å². The quantitative estimate of drug-likeness (QED) is 0.447. The van der Waals surface area contributed by atoms with Crippen molar-refractivity contribution < 1.29 is 4.52 Å².